The minimum Gasteiger partial charge on any atom is -0.497 e. The number of carbonyl (C=O) groups excluding carboxylic acids is 2. The number of hydrogen-bond donors (Lipinski definition) is 0. The lowest BCUT2D eigenvalue weighted by atomic mass is 10.1. The van der Waals surface area contributed by atoms with E-state index >= 15 is 0 Å². The zero-order valence-corrected chi connectivity index (χ0v) is 23.0. The lowest BCUT2D eigenvalue weighted by Crippen LogP contribution is -2.40. The highest BCUT2D eigenvalue weighted by Gasteiger charge is 2.26. The molecule has 4 aromatic rings. The van der Waals surface area contributed by atoms with Crippen molar-refractivity contribution in [1.29, 1.82) is 0 Å². The minimum absolute atomic E-state index is 0.271. The summed E-state index contributed by atoms with van der Waals surface area (Å²) in [5.41, 5.74) is 2.55. The molecule has 1 unspecified atom stereocenters. The highest BCUT2D eigenvalue weighted by molar-refractivity contribution is 5.79. The third-order valence-corrected chi connectivity index (χ3v) is 6.37. The second-order valence-electron chi connectivity index (χ2n) is 8.98. The van der Waals surface area contributed by atoms with E-state index in [0.717, 1.165) is 22.6 Å². The van der Waals surface area contributed by atoms with E-state index in [1.807, 2.05) is 68.4 Å². The molecule has 1 heterocycles. The Morgan fingerprint density at radius 1 is 0.900 bits per heavy atom. The molecule has 1 amide bonds. The molecule has 1 atom stereocenters. The van der Waals surface area contributed by atoms with E-state index in [2.05, 4.69) is 4.98 Å². The van der Waals surface area contributed by atoms with E-state index in [0.29, 0.717) is 36.2 Å². The van der Waals surface area contributed by atoms with Gasteiger partial charge in [-0.25, -0.2) is 9.78 Å². The minimum atomic E-state index is -0.680. The number of methoxy groups -OCH3 is 2. The number of benzene rings is 3. The van der Waals surface area contributed by atoms with Gasteiger partial charge >= 0.3 is 12.1 Å². The molecule has 0 aliphatic carbocycles. The monoisotopic (exact) mass is 544 g/mol. The number of ether oxygens (including phenoxy) is 4. The molecule has 0 spiro atoms. The average molecular weight is 545 g/mol. The molecule has 0 saturated heterocycles. The second kappa shape index (κ2) is 13.3. The first-order valence-corrected chi connectivity index (χ1v) is 12.8. The molecule has 40 heavy (non-hydrogen) atoms. The van der Waals surface area contributed by atoms with Crippen LogP contribution in [0.2, 0.25) is 0 Å². The molecular weight excluding hydrogens is 512 g/mol. The van der Waals surface area contributed by atoms with Gasteiger partial charge in [0.05, 0.1) is 32.6 Å². The maximum atomic E-state index is 13.0. The first-order chi connectivity index (χ1) is 19.4. The molecule has 0 aliphatic rings. The van der Waals surface area contributed by atoms with Crippen molar-refractivity contribution in [3.63, 3.8) is 0 Å². The van der Waals surface area contributed by atoms with Crippen LogP contribution in [0.25, 0.3) is 11.5 Å². The number of amides is 1. The van der Waals surface area contributed by atoms with Gasteiger partial charge in [-0.2, -0.15) is 0 Å². The number of aromatic nitrogens is 1. The summed E-state index contributed by atoms with van der Waals surface area (Å²) in [5, 5.41) is 0. The van der Waals surface area contributed by atoms with Crippen LogP contribution in [0.3, 0.4) is 0 Å². The third kappa shape index (κ3) is 7.19. The lowest BCUT2D eigenvalue weighted by Gasteiger charge is -2.27. The van der Waals surface area contributed by atoms with Gasteiger partial charge in [0.25, 0.3) is 0 Å². The Hall–Kier alpha value is -4.79. The number of carbonyl (C=O) groups is 2. The third-order valence-electron chi connectivity index (χ3n) is 6.37. The van der Waals surface area contributed by atoms with E-state index in [1.165, 1.54) is 12.0 Å². The van der Waals surface area contributed by atoms with Gasteiger partial charge in [0.2, 0.25) is 5.89 Å². The molecule has 0 radical (unpaired) electrons. The molecule has 0 aliphatic heterocycles. The zero-order valence-electron chi connectivity index (χ0n) is 23.0. The average Bonchev–Trinajstić information content (AvgIpc) is 3.36. The van der Waals surface area contributed by atoms with Crippen molar-refractivity contribution in [3.8, 4) is 28.7 Å². The van der Waals surface area contributed by atoms with Gasteiger partial charge in [-0.1, -0.05) is 30.3 Å². The Labute approximate surface area is 233 Å². The van der Waals surface area contributed by atoms with Crippen molar-refractivity contribution >= 4 is 12.1 Å². The number of rotatable bonds is 11. The molecule has 0 saturated carbocycles. The fourth-order valence-electron chi connectivity index (χ4n) is 4.01. The number of aryl methyl sites for hydroxylation is 1. The molecule has 4 rings (SSSR count). The van der Waals surface area contributed by atoms with Gasteiger partial charge in [-0.05, 0) is 67.9 Å². The fourth-order valence-corrected chi connectivity index (χ4v) is 4.01. The largest absolute Gasteiger partial charge is 0.497 e. The van der Waals surface area contributed by atoms with Crippen LogP contribution in [-0.4, -0.2) is 49.3 Å². The molecule has 0 fully saturated rings. The van der Waals surface area contributed by atoms with Crippen LogP contribution in [0.1, 0.15) is 30.0 Å². The van der Waals surface area contributed by atoms with Crippen LogP contribution in [0.5, 0.6) is 17.2 Å². The van der Waals surface area contributed by atoms with Gasteiger partial charge in [0, 0.05) is 12.0 Å². The van der Waals surface area contributed by atoms with Gasteiger partial charge < -0.3 is 23.4 Å². The maximum absolute atomic E-state index is 13.0. The topological polar surface area (TPSA) is 100 Å². The van der Waals surface area contributed by atoms with Crippen LogP contribution in [0.4, 0.5) is 4.79 Å². The quantitative estimate of drug-likeness (QED) is 0.212. The van der Waals surface area contributed by atoms with Gasteiger partial charge in [0.15, 0.2) is 0 Å². The molecule has 0 bridgehead atoms. The second-order valence-corrected chi connectivity index (χ2v) is 8.98. The number of esters is 1. The molecule has 0 N–H and O–H groups in total. The summed E-state index contributed by atoms with van der Waals surface area (Å²) in [5.74, 6) is 2.43. The zero-order chi connectivity index (χ0) is 28.5. The van der Waals surface area contributed by atoms with Crippen molar-refractivity contribution in [2.45, 2.75) is 26.3 Å². The molecule has 1 aromatic heterocycles. The molecule has 3 aromatic carbocycles. The van der Waals surface area contributed by atoms with E-state index in [-0.39, 0.29) is 6.54 Å². The van der Waals surface area contributed by atoms with Gasteiger partial charge in [0.1, 0.15) is 29.6 Å². The number of hydrogen-bond acceptors (Lipinski definition) is 8. The summed E-state index contributed by atoms with van der Waals surface area (Å²) < 4.78 is 27.3. The van der Waals surface area contributed by atoms with Crippen molar-refractivity contribution in [1.82, 2.24) is 9.88 Å². The van der Waals surface area contributed by atoms with Crippen molar-refractivity contribution in [2.24, 2.45) is 0 Å². The standard InChI is InChI=1S/C31H32N2O7/c1-21-28(40-30(32-21)24-8-6-5-7-9-24)18-19-38-26-12-10-23(11-13-26)22(2)33(20-29(34)37-4)31(35)39-27-16-14-25(36-3)15-17-27/h5-17,22H,18-20H2,1-4H3. The van der Waals surface area contributed by atoms with E-state index in [1.54, 1.807) is 31.4 Å². The fraction of sp³-hybridized carbons (Fsp3) is 0.258. The number of oxazole rings is 1. The van der Waals surface area contributed by atoms with Crippen molar-refractivity contribution in [3.05, 3.63) is 95.9 Å². The van der Waals surface area contributed by atoms with Crippen molar-refractivity contribution < 1.29 is 33.0 Å². The summed E-state index contributed by atoms with van der Waals surface area (Å²) >= 11 is 0. The van der Waals surface area contributed by atoms with Crippen LogP contribution in [0, 0.1) is 6.92 Å². The van der Waals surface area contributed by atoms with Crippen molar-refractivity contribution in [2.75, 3.05) is 27.4 Å². The van der Waals surface area contributed by atoms with Crippen LogP contribution >= 0.6 is 0 Å². The molecule has 9 nitrogen and oxygen atoms in total. The summed E-state index contributed by atoms with van der Waals surface area (Å²) in [6.45, 7) is 3.86. The Kier molecular flexibility index (Phi) is 9.40. The molecular formula is C31H32N2O7. The Bertz CT molecular complexity index is 1400. The van der Waals surface area contributed by atoms with Crippen LogP contribution in [0.15, 0.2) is 83.3 Å². The summed E-state index contributed by atoms with van der Waals surface area (Å²) in [6, 6.07) is 23.2. The van der Waals surface area contributed by atoms with Gasteiger partial charge in [-0.3, -0.25) is 9.69 Å². The van der Waals surface area contributed by atoms with E-state index in [9.17, 15) is 9.59 Å². The molecule has 9 heteroatoms. The van der Waals surface area contributed by atoms with Crippen LogP contribution < -0.4 is 14.2 Å². The Balaban J connectivity index is 1.37. The van der Waals surface area contributed by atoms with Gasteiger partial charge in [-0.15, -0.1) is 0 Å². The molecule has 208 valence electrons. The number of nitrogens with zero attached hydrogens (tertiary/aromatic N) is 2. The normalized spacial score (nSPS) is 11.4. The summed E-state index contributed by atoms with van der Waals surface area (Å²) in [7, 11) is 2.82. The Morgan fingerprint density at radius 3 is 2.20 bits per heavy atom. The highest BCUT2D eigenvalue weighted by Crippen LogP contribution is 2.26. The summed E-state index contributed by atoms with van der Waals surface area (Å²) in [4.78, 5) is 30.9. The Morgan fingerprint density at radius 2 is 1.55 bits per heavy atom. The predicted molar refractivity (Wildman–Crippen MR) is 148 cm³/mol. The SMILES string of the molecule is COC(=O)CN(C(=O)Oc1ccc(OC)cc1)C(C)c1ccc(OCCc2oc(-c3ccccc3)nc2C)cc1. The first kappa shape index (κ1) is 28.2. The predicted octanol–water partition coefficient (Wildman–Crippen LogP) is 6.02. The van der Waals surface area contributed by atoms with E-state index < -0.39 is 18.1 Å². The first-order valence-electron chi connectivity index (χ1n) is 12.8. The van der Waals surface area contributed by atoms with Crippen LogP contribution in [-0.2, 0) is 16.0 Å². The smallest absolute Gasteiger partial charge is 0.416 e. The van der Waals surface area contributed by atoms with E-state index in [4.69, 9.17) is 23.4 Å². The summed E-state index contributed by atoms with van der Waals surface area (Å²) in [6.07, 6.45) is -0.116. The lowest BCUT2D eigenvalue weighted by molar-refractivity contribution is -0.141. The maximum Gasteiger partial charge on any atom is 0.416 e. The highest BCUT2D eigenvalue weighted by atomic mass is 16.6.